The van der Waals surface area contributed by atoms with Gasteiger partial charge in [0.2, 0.25) is 11.8 Å². The summed E-state index contributed by atoms with van der Waals surface area (Å²) in [6, 6.07) is 23.1. The van der Waals surface area contributed by atoms with Crippen LogP contribution in [-0.2, 0) is 9.59 Å². The van der Waals surface area contributed by atoms with Crippen LogP contribution in [0.4, 0.5) is 5.69 Å². The summed E-state index contributed by atoms with van der Waals surface area (Å²) < 4.78 is 0. The van der Waals surface area contributed by atoms with Crippen molar-refractivity contribution >= 4 is 51.4 Å². The van der Waals surface area contributed by atoms with Gasteiger partial charge in [-0.15, -0.1) is 5.10 Å². The van der Waals surface area contributed by atoms with Gasteiger partial charge in [-0.05, 0) is 22.9 Å². The summed E-state index contributed by atoms with van der Waals surface area (Å²) in [6.45, 7) is 0. The molecule has 1 aliphatic heterocycles. The molecule has 29 heavy (non-hydrogen) atoms. The fraction of sp³-hybridized carbons (Fsp3) is 0.0909. The number of hydrogen-bond donors (Lipinski definition) is 2. The van der Waals surface area contributed by atoms with Crippen molar-refractivity contribution in [1.29, 1.82) is 0 Å². The average Bonchev–Trinajstić information content (AvgIpc) is 3.08. The van der Waals surface area contributed by atoms with E-state index in [1.54, 1.807) is 18.3 Å². The highest BCUT2D eigenvalue weighted by atomic mass is 32.2. The van der Waals surface area contributed by atoms with Crippen molar-refractivity contribution in [3.8, 4) is 0 Å². The Morgan fingerprint density at radius 3 is 2.66 bits per heavy atom. The molecule has 144 valence electrons. The van der Waals surface area contributed by atoms with Gasteiger partial charge < -0.3 is 10.6 Å². The van der Waals surface area contributed by atoms with Crippen molar-refractivity contribution in [3.63, 3.8) is 0 Å². The predicted molar refractivity (Wildman–Crippen MR) is 118 cm³/mol. The first-order valence-electron chi connectivity index (χ1n) is 9.10. The lowest BCUT2D eigenvalue weighted by molar-refractivity contribution is -0.122. The fourth-order valence-corrected chi connectivity index (χ4v) is 3.92. The number of fused-ring (bicyclic) bond motifs is 1. The van der Waals surface area contributed by atoms with Gasteiger partial charge in [-0.25, -0.2) is 0 Å². The molecule has 3 aromatic carbocycles. The largest absolute Gasteiger partial charge is 0.326 e. The van der Waals surface area contributed by atoms with Gasteiger partial charge in [0.15, 0.2) is 5.17 Å². The van der Waals surface area contributed by atoms with Gasteiger partial charge in [0.1, 0.15) is 5.25 Å². The van der Waals surface area contributed by atoms with Gasteiger partial charge in [0.25, 0.3) is 0 Å². The number of carbonyl (C=O) groups excluding carboxylic acids is 2. The number of anilines is 1. The Morgan fingerprint density at radius 1 is 1.03 bits per heavy atom. The van der Waals surface area contributed by atoms with Crippen LogP contribution in [0.15, 0.2) is 83.0 Å². The maximum Gasteiger partial charge on any atom is 0.240 e. The van der Waals surface area contributed by atoms with E-state index in [9.17, 15) is 9.59 Å². The molecule has 7 heteroatoms. The highest BCUT2D eigenvalue weighted by molar-refractivity contribution is 8.15. The number of rotatable bonds is 5. The third-order valence-electron chi connectivity index (χ3n) is 4.37. The van der Waals surface area contributed by atoms with Crippen molar-refractivity contribution in [2.24, 2.45) is 10.2 Å². The van der Waals surface area contributed by atoms with Crippen molar-refractivity contribution in [2.45, 2.75) is 11.7 Å². The average molecular weight is 402 g/mol. The number of nitrogens with one attached hydrogen (secondary N) is 2. The molecule has 1 atom stereocenters. The van der Waals surface area contributed by atoms with E-state index in [0.29, 0.717) is 10.9 Å². The second-order valence-corrected chi connectivity index (χ2v) is 7.62. The normalized spacial score (nSPS) is 17.7. The van der Waals surface area contributed by atoms with E-state index >= 15 is 0 Å². The molecule has 4 rings (SSSR count). The molecule has 2 N–H and O–H groups in total. The molecular formula is C22H18N4O2S. The van der Waals surface area contributed by atoms with Crippen LogP contribution in [0.1, 0.15) is 12.0 Å². The Labute approximate surface area is 172 Å². The molecule has 3 aromatic rings. The van der Waals surface area contributed by atoms with Crippen LogP contribution in [0.3, 0.4) is 0 Å². The summed E-state index contributed by atoms with van der Waals surface area (Å²) in [5.74, 6) is -0.457. The van der Waals surface area contributed by atoms with E-state index in [4.69, 9.17) is 0 Å². The lowest BCUT2D eigenvalue weighted by Gasteiger charge is -2.06. The molecule has 0 bridgehead atoms. The van der Waals surface area contributed by atoms with E-state index in [1.807, 2.05) is 60.7 Å². The number of carbonyl (C=O) groups is 2. The molecule has 2 amide bonds. The predicted octanol–water partition coefficient (Wildman–Crippen LogP) is 3.79. The SMILES string of the molecule is O=C(C[C@H]1S/C(=N\N=C/c2cccc3ccccc23)NC1=O)Nc1ccccc1. The van der Waals surface area contributed by atoms with E-state index < -0.39 is 5.25 Å². The number of hydrogen-bond acceptors (Lipinski definition) is 5. The molecule has 0 aromatic heterocycles. The Balaban J connectivity index is 1.39. The molecule has 1 aliphatic rings. The molecule has 0 spiro atoms. The van der Waals surface area contributed by atoms with E-state index in [-0.39, 0.29) is 18.2 Å². The molecule has 0 unspecified atom stereocenters. The molecule has 0 saturated carbocycles. The van der Waals surface area contributed by atoms with Gasteiger partial charge >= 0.3 is 0 Å². The van der Waals surface area contributed by atoms with Gasteiger partial charge in [0, 0.05) is 17.7 Å². The van der Waals surface area contributed by atoms with Gasteiger partial charge in [0.05, 0.1) is 6.21 Å². The van der Waals surface area contributed by atoms with Crippen LogP contribution >= 0.6 is 11.8 Å². The summed E-state index contributed by atoms with van der Waals surface area (Å²) in [7, 11) is 0. The molecule has 1 heterocycles. The smallest absolute Gasteiger partial charge is 0.240 e. The minimum Gasteiger partial charge on any atom is -0.326 e. The highest BCUT2D eigenvalue weighted by Crippen LogP contribution is 2.23. The summed E-state index contributed by atoms with van der Waals surface area (Å²) >= 11 is 1.21. The zero-order valence-corrected chi connectivity index (χ0v) is 16.2. The summed E-state index contributed by atoms with van der Waals surface area (Å²) in [4.78, 5) is 24.3. The van der Waals surface area contributed by atoms with Crippen molar-refractivity contribution in [3.05, 3.63) is 78.4 Å². The van der Waals surface area contributed by atoms with Gasteiger partial charge in [-0.3, -0.25) is 9.59 Å². The topological polar surface area (TPSA) is 82.9 Å². The number of nitrogens with zero attached hydrogens (tertiary/aromatic N) is 2. The van der Waals surface area contributed by atoms with Crippen LogP contribution in [0.2, 0.25) is 0 Å². The maximum atomic E-state index is 12.2. The number of benzene rings is 3. The van der Waals surface area contributed by atoms with Crippen LogP contribution in [0, 0.1) is 0 Å². The van der Waals surface area contributed by atoms with Crippen LogP contribution in [0.5, 0.6) is 0 Å². The highest BCUT2D eigenvalue weighted by Gasteiger charge is 2.32. The van der Waals surface area contributed by atoms with Crippen LogP contribution in [0.25, 0.3) is 10.8 Å². The zero-order chi connectivity index (χ0) is 20.1. The Morgan fingerprint density at radius 2 is 1.79 bits per heavy atom. The Bertz CT molecular complexity index is 1110. The minimum absolute atomic E-state index is 0.0669. The molecule has 0 radical (unpaired) electrons. The Hall–Kier alpha value is -3.45. The quantitative estimate of drug-likeness (QED) is 0.503. The lowest BCUT2D eigenvalue weighted by atomic mass is 10.1. The molecule has 1 fully saturated rings. The van der Waals surface area contributed by atoms with Crippen molar-refractivity contribution in [2.75, 3.05) is 5.32 Å². The second kappa shape index (κ2) is 8.70. The first kappa shape index (κ1) is 18.9. The van der Waals surface area contributed by atoms with Crippen molar-refractivity contribution < 1.29 is 9.59 Å². The first-order chi connectivity index (χ1) is 14.2. The van der Waals surface area contributed by atoms with Crippen LogP contribution in [-0.4, -0.2) is 28.4 Å². The molecule has 6 nitrogen and oxygen atoms in total. The van der Waals surface area contributed by atoms with Crippen LogP contribution < -0.4 is 10.6 Å². The number of para-hydroxylation sites is 1. The summed E-state index contributed by atoms with van der Waals surface area (Å²) in [5.41, 5.74) is 1.65. The third kappa shape index (κ3) is 4.70. The number of amides is 2. The van der Waals surface area contributed by atoms with E-state index in [2.05, 4.69) is 20.8 Å². The van der Waals surface area contributed by atoms with Crippen molar-refractivity contribution in [1.82, 2.24) is 5.32 Å². The minimum atomic E-state index is -0.523. The standard InChI is InChI=1S/C22H18N4O2S/c27-20(24-17-10-2-1-3-11-17)13-19-21(28)25-22(29-19)26-23-14-16-9-6-8-15-7-4-5-12-18(15)16/h1-12,14,19H,13H2,(H,24,27)(H,25,26,28)/b23-14-/t19-/m1/s1. The molecule has 1 saturated heterocycles. The third-order valence-corrected chi connectivity index (χ3v) is 5.45. The zero-order valence-electron chi connectivity index (χ0n) is 15.4. The van der Waals surface area contributed by atoms with E-state index in [1.165, 1.54) is 11.8 Å². The monoisotopic (exact) mass is 402 g/mol. The molecule has 0 aliphatic carbocycles. The van der Waals surface area contributed by atoms with E-state index in [0.717, 1.165) is 16.3 Å². The van der Waals surface area contributed by atoms with Gasteiger partial charge in [-0.1, -0.05) is 72.4 Å². The van der Waals surface area contributed by atoms with Gasteiger partial charge in [-0.2, -0.15) is 5.10 Å². The number of thioether (sulfide) groups is 1. The molecular weight excluding hydrogens is 384 g/mol. The Kier molecular flexibility index (Phi) is 5.67. The maximum absolute atomic E-state index is 12.2. The first-order valence-corrected chi connectivity index (χ1v) is 9.98. The summed E-state index contributed by atoms with van der Waals surface area (Å²) in [6.07, 6.45) is 1.73. The fourth-order valence-electron chi connectivity index (χ4n) is 2.99. The summed E-state index contributed by atoms with van der Waals surface area (Å²) in [5, 5.41) is 15.8. The lowest BCUT2D eigenvalue weighted by Crippen LogP contribution is -2.28. The second-order valence-electron chi connectivity index (χ2n) is 6.43. The number of amidine groups is 1.